The van der Waals surface area contributed by atoms with Crippen molar-refractivity contribution < 1.29 is 23.4 Å². The van der Waals surface area contributed by atoms with E-state index in [1.807, 2.05) is 0 Å². The van der Waals surface area contributed by atoms with Crippen LogP contribution in [-0.4, -0.2) is 27.2 Å². The van der Waals surface area contributed by atoms with Crippen LogP contribution in [-0.2, 0) is 23.4 Å². The molecule has 1 aliphatic heterocycles. The summed E-state index contributed by atoms with van der Waals surface area (Å²) in [6.07, 6.45) is 0. The summed E-state index contributed by atoms with van der Waals surface area (Å²) in [6.45, 7) is 3.51. The van der Waals surface area contributed by atoms with Crippen LogP contribution in [0.15, 0.2) is 23.0 Å². The Kier molecular flexibility index (Phi) is 4.49. The van der Waals surface area contributed by atoms with Crippen molar-refractivity contribution in [3.63, 3.8) is 0 Å². The maximum absolute atomic E-state index is 13.7. The molecule has 0 spiro atoms. The van der Waals surface area contributed by atoms with Gasteiger partial charge in [-0.2, -0.15) is 0 Å². The van der Waals surface area contributed by atoms with Crippen molar-refractivity contribution in [3.8, 4) is 5.75 Å². The number of benzene rings is 1. The molecule has 0 aliphatic carbocycles. The predicted octanol–water partition coefficient (Wildman–Crippen LogP) is 1.42. The summed E-state index contributed by atoms with van der Waals surface area (Å²) in [5, 5.41) is 12.4. The summed E-state index contributed by atoms with van der Waals surface area (Å²) in [5.41, 5.74) is -2.24. The Labute approximate surface area is 147 Å². The highest BCUT2D eigenvalue weighted by Crippen LogP contribution is 2.27. The van der Waals surface area contributed by atoms with Gasteiger partial charge in [-0.25, -0.2) is 13.8 Å². The Morgan fingerprint density at radius 2 is 2.15 bits per heavy atom. The van der Waals surface area contributed by atoms with Crippen molar-refractivity contribution in [2.45, 2.75) is 32.5 Å². The monoisotopic (exact) mass is 365 g/mol. The van der Waals surface area contributed by atoms with Crippen molar-refractivity contribution in [1.29, 1.82) is 0 Å². The van der Waals surface area contributed by atoms with E-state index < -0.39 is 40.1 Å². The number of rotatable bonds is 3. The molecule has 0 radical (unpaired) electrons. The quantitative estimate of drug-likeness (QED) is 0.858. The van der Waals surface area contributed by atoms with Crippen LogP contribution in [0.2, 0.25) is 0 Å². The van der Waals surface area contributed by atoms with Gasteiger partial charge in [0.25, 0.3) is 11.5 Å². The molecule has 7 nitrogen and oxygen atoms in total. The van der Waals surface area contributed by atoms with E-state index in [4.69, 9.17) is 4.74 Å². The van der Waals surface area contributed by atoms with Crippen molar-refractivity contribution in [3.05, 3.63) is 57.3 Å². The second-order valence-corrected chi connectivity index (χ2v) is 6.34. The number of hydrogen-bond acceptors (Lipinski definition) is 5. The molecule has 2 N–H and O–H groups in total. The van der Waals surface area contributed by atoms with Gasteiger partial charge in [0, 0.05) is 12.1 Å². The van der Waals surface area contributed by atoms with Crippen LogP contribution in [0.3, 0.4) is 0 Å². The predicted molar refractivity (Wildman–Crippen MR) is 86.7 cm³/mol. The molecule has 0 saturated carbocycles. The third-order valence-corrected chi connectivity index (χ3v) is 4.15. The molecular weight excluding hydrogens is 348 g/mol. The number of aromatic hydroxyl groups is 1. The molecule has 9 heteroatoms. The van der Waals surface area contributed by atoms with Crippen LogP contribution in [0.5, 0.6) is 5.75 Å². The number of ether oxygens (including phenoxy) is 1. The molecule has 0 atom stereocenters. The molecule has 0 saturated heterocycles. The van der Waals surface area contributed by atoms with Gasteiger partial charge >= 0.3 is 0 Å². The van der Waals surface area contributed by atoms with E-state index in [-0.39, 0.29) is 31.1 Å². The van der Waals surface area contributed by atoms with Crippen LogP contribution in [0.4, 0.5) is 8.78 Å². The first-order valence-corrected chi connectivity index (χ1v) is 7.91. The highest BCUT2D eigenvalue weighted by atomic mass is 19.2. The summed E-state index contributed by atoms with van der Waals surface area (Å²) in [6, 6.07) is 3.58. The van der Waals surface area contributed by atoms with Crippen LogP contribution >= 0.6 is 0 Å². The summed E-state index contributed by atoms with van der Waals surface area (Å²) in [7, 11) is 0. The van der Waals surface area contributed by atoms with E-state index >= 15 is 0 Å². The zero-order chi connectivity index (χ0) is 19.1. The fourth-order valence-corrected chi connectivity index (χ4v) is 2.77. The van der Waals surface area contributed by atoms with Crippen LogP contribution < -0.4 is 10.9 Å². The van der Waals surface area contributed by atoms with Crippen LogP contribution in [0.25, 0.3) is 0 Å². The molecule has 138 valence electrons. The van der Waals surface area contributed by atoms with Crippen molar-refractivity contribution in [2.75, 3.05) is 6.61 Å². The zero-order valence-corrected chi connectivity index (χ0v) is 14.2. The zero-order valence-electron chi connectivity index (χ0n) is 14.2. The molecule has 1 amide bonds. The minimum atomic E-state index is -1.08. The second-order valence-electron chi connectivity index (χ2n) is 6.34. The topological polar surface area (TPSA) is 93.5 Å². The second kappa shape index (κ2) is 6.49. The largest absolute Gasteiger partial charge is 0.501 e. The Morgan fingerprint density at radius 3 is 2.88 bits per heavy atom. The Bertz CT molecular complexity index is 940. The Balaban J connectivity index is 1.92. The smallest absolute Gasteiger partial charge is 0.296 e. The van der Waals surface area contributed by atoms with Gasteiger partial charge in [-0.15, -0.1) is 0 Å². The van der Waals surface area contributed by atoms with Gasteiger partial charge in [0.1, 0.15) is 11.4 Å². The minimum Gasteiger partial charge on any atom is -0.501 e. The normalized spacial score (nSPS) is 15.4. The molecular formula is C17H17F2N3O4. The van der Waals surface area contributed by atoms with E-state index in [1.54, 1.807) is 13.8 Å². The van der Waals surface area contributed by atoms with Crippen molar-refractivity contribution >= 4 is 5.91 Å². The third-order valence-electron chi connectivity index (χ3n) is 4.15. The Morgan fingerprint density at radius 1 is 1.42 bits per heavy atom. The first kappa shape index (κ1) is 18.0. The van der Waals surface area contributed by atoms with Gasteiger partial charge in [-0.3, -0.25) is 14.2 Å². The van der Waals surface area contributed by atoms with E-state index in [0.29, 0.717) is 0 Å². The number of carbonyl (C=O) groups excluding carboxylic acids is 1. The van der Waals surface area contributed by atoms with Gasteiger partial charge in [0.05, 0.1) is 13.2 Å². The minimum absolute atomic E-state index is 0.0730. The van der Waals surface area contributed by atoms with E-state index in [0.717, 1.165) is 6.07 Å². The molecule has 2 heterocycles. The average Bonchev–Trinajstić information content (AvgIpc) is 2.59. The molecule has 1 aromatic carbocycles. The highest BCUT2D eigenvalue weighted by molar-refractivity contribution is 5.94. The molecule has 1 aliphatic rings. The Hall–Kier alpha value is -2.81. The van der Waals surface area contributed by atoms with E-state index in [2.05, 4.69) is 10.3 Å². The number of nitrogens with zero attached hydrogens (tertiary/aromatic N) is 2. The number of amides is 1. The first-order valence-electron chi connectivity index (χ1n) is 7.91. The lowest BCUT2D eigenvalue weighted by atomic mass is 10.1. The fourth-order valence-electron chi connectivity index (χ4n) is 2.77. The molecule has 26 heavy (non-hydrogen) atoms. The number of nitrogens with one attached hydrogen (secondary N) is 1. The van der Waals surface area contributed by atoms with Crippen molar-refractivity contribution in [1.82, 2.24) is 14.9 Å². The average molecular weight is 365 g/mol. The first-order chi connectivity index (χ1) is 12.2. The standard InChI is InChI=1S/C17H17F2N3O4/c1-17(2)16-21-12(13(23)15(25)22(16)6-7-26-17)14(24)20-8-9-4-3-5-10(18)11(9)19/h3-5,23H,6-8H2,1-2H3,(H,20,24). The number of carbonyl (C=O) groups is 1. The molecule has 0 unspecified atom stereocenters. The summed E-state index contributed by atoms with van der Waals surface area (Å²) < 4.78 is 33.7. The third kappa shape index (κ3) is 3.05. The lowest BCUT2D eigenvalue weighted by molar-refractivity contribution is -0.0566. The van der Waals surface area contributed by atoms with Gasteiger partial charge in [0.15, 0.2) is 17.3 Å². The SMILES string of the molecule is CC1(C)OCCn2c1nc(C(=O)NCc1cccc(F)c1F)c(O)c2=O. The maximum Gasteiger partial charge on any atom is 0.296 e. The van der Waals surface area contributed by atoms with Crippen molar-refractivity contribution in [2.24, 2.45) is 0 Å². The van der Waals surface area contributed by atoms with E-state index in [1.165, 1.54) is 16.7 Å². The number of aromatic nitrogens is 2. The van der Waals surface area contributed by atoms with E-state index in [9.17, 15) is 23.5 Å². The summed E-state index contributed by atoms with van der Waals surface area (Å²) in [4.78, 5) is 28.8. The number of halogens is 2. The summed E-state index contributed by atoms with van der Waals surface area (Å²) >= 11 is 0. The van der Waals surface area contributed by atoms with Gasteiger partial charge in [-0.1, -0.05) is 12.1 Å². The molecule has 2 aromatic rings. The van der Waals surface area contributed by atoms with Crippen LogP contribution in [0, 0.1) is 11.6 Å². The van der Waals surface area contributed by atoms with Gasteiger partial charge in [-0.05, 0) is 19.9 Å². The molecule has 0 bridgehead atoms. The van der Waals surface area contributed by atoms with Gasteiger partial charge < -0.3 is 15.2 Å². The molecule has 3 rings (SSSR count). The highest BCUT2D eigenvalue weighted by Gasteiger charge is 2.34. The van der Waals surface area contributed by atoms with Crippen LogP contribution in [0.1, 0.15) is 35.7 Å². The van der Waals surface area contributed by atoms with Gasteiger partial charge in [0.2, 0.25) is 5.75 Å². The summed E-state index contributed by atoms with van der Waals surface area (Å²) in [5.74, 6) is -3.60. The lowest BCUT2D eigenvalue weighted by Gasteiger charge is -2.32. The number of hydrogen-bond donors (Lipinski definition) is 2. The maximum atomic E-state index is 13.7. The fraction of sp³-hybridized carbons (Fsp3) is 0.353. The lowest BCUT2D eigenvalue weighted by Crippen LogP contribution is -2.42. The molecule has 1 aromatic heterocycles. The number of fused-ring (bicyclic) bond motifs is 1. The molecule has 0 fully saturated rings.